The number of aromatic nitrogens is 2. The number of fused-ring (bicyclic) bond motifs is 1. The molecule has 1 aromatic heterocycles. The fourth-order valence-electron chi connectivity index (χ4n) is 3.69. The molecule has 0 bridgehead atoms. The first kappa shape index (κ1) is 19.1. The van der Waals surface area contributed by atoms with Crippen molar-refractivity contribution >= 4 is 23.3 Å². The van der Waals surface area contributed by atoms with Crippen LogP contribution in [0.5, 0.6) is 17.2 Å². The second kappa shape index (κ2) is 7.67. The second-order valence-electron chi connectivity index (χ2n) is 6.53. The van der Waals surface area contributed by atoms with Crippen molar-refractivity contribution in [2.45, 2.75) is 12.3 Å². The van der Waals surface area contributed by atoms with Gasteiger partial charge in [-0.15, -0.1) is 0 Å². The quantitative estimate of drug-likeness (QED) is 0.683. The first-order valence-corrected chi connectivity index (χ1v) is 9.37. The Morgan fingerprint density at radius 3 is 2.52 bits per heavy atom. The van der Waals surface area contributed by atoms with E-state index in [0.29, 0.717) is 28.1 Å². The molecule has 29 heavy (non-hydrogen) atoms. The minimum absolute atomic E-state index is 0.117. The van der Waals surface area contributed by atoms with Gasteiger partial charge in [0.25, 0.3) is 0 Å². The zero-order chi connectivity index (χ0) is 20.5. The number of carbonyl (C=O) groups is 1. The van der Waals surface area contributed by atoms with Crippen LogP contribution in [0.1, 0.15) is 23.6 Å². The van der Waals surface area contributed by atoms with Gasteiger partial charge in [0.05, 0.1) is 37.7 Å². The lowest BCUT2D eigenvalue weighted by molar-refractivity contribution is -0.116. The molecular weight excluding hydrogens is 394 g/mol. The van der Waals surface area contributed by atoms with E-state index in [-0.39, 0.29) is 18.2 Å². The van der Waals surface area contributed by atoms with Gasteiger partial charge in [0.1, 0.15) is 12.1 Å². The molecule has 1 aliphatic rings. The van der Waals surface area contributed by atoms with Crippen molar-refractivity contribution in [1.82, 2.24) is 9.55 Å². The highest BCUT2D eigenvalue weighted by atomic mass is 35.5. The molecule has 1 atom stereocenters. The molecule has 8 heteroatoms. The van der Waals surface area contributed by atoms with Gasteiger partial charge in [0.2, 0.25) is 11.7 Å². The molecule has 150 valence electrons. The summed E-state index contributed by atoms with van der Waals surface area (Å²) in [5.41, 5.74) is 2.27. The number of carbonyl (C=O) groups excluding carboxylic acids is 1. The molecule has 0 spiro atoms. The SMILES string of the molecule is COc1ccc(C2CC(=O)Nc3c2ncn3-c2ccccc2Cl)c(OC)c1OC. The van der Waals surface area contributed by atoms with Gasteiger partial charge >= 0.3 is 0 Å². The molecule has 3 aromatic rings. The predicted octanol–water partition coefficient (Wildman–Crippen LogP) is 4.03. The summed E-state index contributed by atoms with van der Waals surface area (Å²) < 4.78 is 18.3. The number of para-hydroxylation sites is 1. The fraction of sp³-hybridized carbons (Fsp3) is 0.238. The van der Waals surface area contributed by atoms with E-state index >= 15 is 0 Å². The van der Waals surface area contributed by atoms with E-state index in [4.69, 9.17) is 25.8 Å². The van der Waals surface area contributed by atoms with Crippen molar-refractivity contribution in [1.29, 1.82) is 0 Å². The van der Waals surface area contributed by atoms with Crippen LogP contribution in [0.25, 0.3) is 5.69 Å². The smallest absolute Gasteiger partial charge is 0.226 e. The van der Waals surface area contributed by atoms with Gasteiger partial charge in [-0.1, -0.05) is 29.8 Å². The van der Waals surface area contributed by atoms with Gasteiger partial charge in [0.15, 0.2) is 11.5 Å². The maximum atomic E-state index is 12.6. The Kier molecular flexibility index (Phi) is 5.07. The van der Waals surface area contributed by atoms with E-state index in [1.54, 1.807) is 44.4 Å². The van der Waals surface area contributed by atoms with Crippen LogP contribution in [0.3, 0.4) is 0 Å². The van der Waals surface area contributed by atoms with Crippen LogP contribution in [0.15, 0.2) is 42.7 Å². The van der Waals surface area contributed by atoms with Crippen molar-refractivity contribution in [3.8, 4) is 22.9 Å². The zero-order valence-electron chi connectivity index (χ0n) is 16.2. The molecule has 1 amide bonds. The summed E-state index contributed by atoms with van der Waals surface area (Å²) in [7, 11) is 4.68. The highest BCUT2D eigenvalue weighted by Gasteiger charge is 2.34. The number of nitrogens with one attached hydrogen (secondary N) is 1. The third kappa shape index (κ3) is 3.17. The summed E-state index contributed by atoms with van der Waals surface area (Å²) >= 11 is 6.36. The zero-order valence-corrected chi connectivity index (χ0v) is 17.0. The summed E-state index contributed by atoms with van der Waals surface area (Å²) in [6, 6.07) is 11.1. The number of rotatable bonds is 5. The van der Waals surface area contributed by atoms with Crippen molar-refractivity contribution in [2.24, 2.45) is 0 Å². The fourth-order valence-corrected chi connectivity index (χ4v) is 3.92. The Morgan fingerprint density at radius 1 is 1.07 bits per heavy atom. The molecule has 0 fully saturated rings. The van der Waals surface area contributed by atoms with E-state index in [2.05, 4.69) is 10.3 Å². The number of hydrogen-bond donors (Lipinski definition) is 1. The highest BCUT2D eigenvalue weighted by molar-refractivity contribution is 6.32. The number of nitrogens with zero attached hydrogens (tertiary/aromatic N) is 2. The second-order valence-corrected chi connectivity index (χ2v) is 6.94. The molecule has 0 aliphatic carbocycles. The Hall–Kier alpha value is -3.19. The maximum absolute atomic E-state index is 12.6. The minimum Gasteiger partial charge on any atom is -0.493 e. The van der Waals surface area contributed by atoms with E-state index < -0.39 is 0 Å². The van der Waals surface area contributed by atoms with Crippen LogP contribution in [-0.4, -0.2) is 36.8 Å². The summed E-state index contributed by atoms with van der Waals surface area (Å²) in [5.74, 6) is 1.71. The number of hydrogen-bond acceptors (Lipinski definition) is 5. The van der Waals surface area contributed by atoms with Gasteiger partial charge in [-0.25, -0.2) is 4.98 Å². The average molecular weight is 414 g/mol. The molecule has 1 aliphatic heterocycles. The number of methoxy groups -OCH3 is 3. The van der Waals surface area contributed by atoms with Crippen LogP contribution >= 0.6 is 11.6 Å². The molecule has 0 saturated heterocycles. The molecule has 0 saturated carbocycles. The van der Waals surface area contributed by atoms with Crippen LogP contribution in [0, 0.1) is 0 Å². The van der Waals surface area contributed by atoms with E-state index in [1.807, 2.05) is 24.3 Å². The average Bonchev–Trinajstić information content (AvgIpc) is 3.15. The molecule has 0 radical (unpaired) electrons. The maximum Gasteiger partial charge on any atom is 0.226 e. The number of anilines is 1. The number of benzene rings is 2. The number of ether oxygens (including phenoxy) is 3. The normalized spacial score (nSPS) is 15.4. The first-order valence-electron chi connectivity index (χ1n) is 8.99. The molecule has 1 unspecified atom stereocenters. The number of imidazole rings is 1. The van der Waals surface area contributed by atoms with Crippen molar-refractivity contribution in [2.75, 3.05) is 26.6 Å². The van der Waals surface area contributed by atoms with Gasteiger partial charge in [0, 0.05) is 17.9 Å². The summed E-state index contributed by atoms with van der Waals surface area (Å²) in [4.78, 5) is 17.2. The Balaban J connectivity index is 1.88. The third-order valence-electron chi connectivity index (χ3n) is 5.00. The minimum atomic E-state index is -0.308. The molecule has 7 nitrogen and oxygen atoms in total. The lowest BCUT2D eigenvalue weighted by Gasteiger charge is -2.26. The molecule has 2 heterocycles. The summed E-state index contributed by atoms with van der Waals surface area (Å²) in [6.07, 6.45) is 1.90. The standard InChI is InChI=1S/C21H20ClN3O4/c1-27-16-9-8-12(19(28-2)20(16)29-3)13-10-17(26)24-21-18(13)23-11-25(21)15-7-5-4-6-14(15)22/h4-9,11,13H,10H2,1-3H3,(H,24,26). The van der Waals surface area contributed by atoms with Gasteiger partial charge < -0.3 is 19.5 Å². The number of halogens is 1. The van der Waals surface area contributed by atoms with Gasteiger partial charge in [-0.2, -0.15) is 0 Å². The van der Waals surface area contributed by atoms with Crippen LogP contribution < -0.4 is 19.5 Å². The van der Waals surface area contributed by atoms with Gasteiger partial charge in [-0.3, -0.25) is 9.36 Å². The molecular formula is C21H20ClN3O4. The van der Waals surface area contributed by atoms with Gasteiger partial charge in [-0.05, 0) is 18.2 Å². The third-order valence-corrected chi connectivity index (χ3v) is 5.31. The van der Waals surface area contributed by atoms with Crippen LogP contribution in [0.2, 0.25) is 5.02 Å². The first-order chi connectivity index (χ1) is 14.1. The highest BCUT2D eigenvalue weighted by Crippen LogP contribution is 2.47. The predicted molar refractivity (Wildman–Crippen MR) is 110 cm³/mol. The molecule has 1 N–H and O–H groups in total. The lowest BCUT2D eigenvalue weighted by Crippen LogP contribution is -2.25. The van der Waals surface area contributed by atoms with Crippen molar-refractivity contribution in [3.05, 3.63) is 59.0 Å². The monoisotopic (exact) mass is 413 g/mol. The Morgan fingerprint density at radius 2 is 1.83 bits per heavy atom. The topological polar surface area (TPSA) is 74.6 Å². The molecule has 4 rings (SSSR count). The van der Waals surface area contributed by atoms with E-state index in [1.165, 1.54) is 0 Å². The molecule has 2 aromatic carbocycles. The van der Waals surface area contributed by atoms with Crippen LogP contribution in [0.4, 0.5) is 5.82 Å². The summed E-state index contributed by atoms with van der Waals surface area (Å²) in [6.45, 7) is 0. The summed E-state index contributed by atoms with van der Waals surface area (Å²) in [5, 5.41) is 3.49. The van der Waals surface area contributed by atoms with Crippen molar-refractivity contribution < 1.29 is 19.0 Å². The van der Waals surface area contributed by atoms with E-state index in [0.717, 1.165) is 16.9 Å². The number of amides is 1. The largest absolute Gasteiger partial charge is 0.493 e. The van der Waals surface area contributed by atoms with E-state index in [9.17, 15) is 4.79 Å². The Labute approximate surface area is 173 Å². The Bertz CT molecular complexity index is 1080. The lowest BCUT2D eigenvalue weighted by atomic mass is 9.88. The van der Waals surface area contributed by atoms with Crippen LogP contribution in [-0.2, 0) is 4.79 Å². The van der Waals surface area contributed by atoms with Crippen molar-refractivity contribution in [3.63, 3.8) is 0 Å².